The van der Waals surface area contributed by atoms with Gasteiger partial charge in [0.05, 0.1) is 55.1 Å². The fraction of sp³-hybridized carbons (Fsp3) is 0.103. The van der Waals surface area contributed by atoms with Crippen LogP contribution in [0, 0.1) is 11.3 Å². The number of hydrogen-bond acceptors (Lipinski definition) is 9. The maximum Gasteiger partial charge on any atom is 0.336 e. The quantitative estimate of drug-likeness (QED) is 0.129. The van der Waals surface area contributed by atoms with E-state index in [9.17, 15) is 20.0 Å². The van der Waals surface area contributed by atoms with Crippen LogP contribution in [-0.4, -0.2) is 54.0 Å². The van der Waals surface area contributed by atoms with E-state index in [-0.39, 0.29) is 17.2 Å². The highest BCUT2D eigenvalue weighted by atomic mass is 32.2. The highest BCUT2D eigenvalue weighted by Crippen LogP contribution is 2.43. The summed E-state index contributed by atoms with van der Waals surface area (Å²) >= 11 is 1.15. The second kappa shape index (κ2) is 14.8. The van der Waals surface area contributed by atoms with Crippen molar-refractivity contribution in [3.63, 3.8) is 0 Å². The minimum atomic E-state index is -1.04. The van der Waals surface area contributed by atoms with Gasteiger partial charge < -0.3 is 24.6 Å². The lowest BCUT2D eigenvalue weighted by molar-refractivity contribution is -0.113. The smallest absolute Gasteiger partial charge is 0.336 e. The van der Waals surface area contributed by atoms with Crippen molar-refractivity contribution in [1.29, 1.82) is 5.26 Å². The molecule has 10 nitrogen and oxygen atoms in total. The van der Waals surface area contributed by atoms with Gasteiger partial charge in [0.15, 0.2) is 11.5 Å². The van der Waals surface area contributed by atoms with E-state index in [4.69, 9.17) is 19.2 Å². The maximum absolute atomic E-state index is 13.2. The van der Waals surface area contributed by atoms with Gasteiger partial charge in [-0.25, -0.2) is 14.8 Å². The number of carbonyl (C=O) groups is 2. The molecule has 50 heavy (non-hydrogen) atoms. The molecule has 0 aliphatic heterocycles. The summed E-state index contributed by atoms with van der Waals surface area (Å²) in [5, 5.41) is 24.0. The lowest BCUT2D eigenvalue weighted by atomic mass is 9.98. The van der Waals surface area contributed by atoms with Gasteiger partial charge in [-0.15, -0.1) is 0 Å². The van der Waals surface area contributed by atoms with Crippen LogP contribution in [0.2, 0.25) is 0 Å². The summed E-state index contributed by atoms with van der Waals surface area (Å²) < 4.78 is 16.6. The van der Waals surface area contributed by atoms with E-state index in [2.05, 4.69) is 16.4 Å². The Labute approximate surface area is 292 Å². The third-order valence-corrected chi connectivity index (χ3v) is 8.87. The van der Waals surface area contributed by atoms with Gasteiger partial charge in [0, 0.05) is 27.8 Å². The first-order valence-corrected chi connectivity index (χ1v) is 16.3. The first-order valence-electron chi connectivity index (χ1n) is 15.3. The number of aromatic carboxylic acids is 1. The van der Waals surface area contributed by atoms with Crippen molar-refractivity contribution in [3.8, 4) is 57.0 Å². The number of rotatable bonds is 11. The zero-order valence-electron chi connectivity index (χ0n) is 27.3. The highest BCUT2D eigenvalue weighted by Gasteiger charge is 2.21. The molecule has 0 saturated heterocycles. The van der Waals surface area contributed by atoms with E-state index in [1.165, 1.54) is 21.3 Å². The zero-order chi connectivity index (χ0) is 35.2. The molecular formula is C39H30N4O6S. The number of methoxy groups -OCH3 is 3. The number of fused-ring (bicyclic) bond motifs is 1. The molecule has 2 aromatic heterocycles. The number of benzene rings is 4. The monoisotopic (exact) mass is 682 g/mol. The molecule has 0 atom stereocenters. The number of thioether (sulfide) groups is 1. The molecule has 248 valence electrons. The van der Waals surface area contributed by atoms with E-state index < -0.39 is 5.97 Å². The first kappa shape index (κ1) is 33.5. The van der Waals surface area contributed by atoms with E-state index >= 15 is 0 Å². The summed E-state index contributed by atoms with van der Waals surface area (Å²) in [5.41, 5.74) is 5.49. The highest BCUT2D eigenvalue weighted by molar-refractivity contribution is 8.00. The fourth-order valence-corrected chi connectivity index (χ4v) is 6.31. The Morgan fingerprint density at radius 2 is 1.42 bits per heavy atom. The average Bonchev–Trinajstić information content (AvgIpc) is 3.16. The maximum atomic E-state index is 13.2. The molecule has 6 rings (SSSR count). The number of carboxylic acids is 1. The Morgan fingerprint density at radius 3 is 2.06 bits per heavy atom. The standard InChI is InChI=1S/C39H30N4O6S/c1-47-34-17-25(18-35(48-2)37(34)49-3)28-19-33(23-9-5-4-6-10-23)43-38(30(28)21-40)50-22-36(44)41-26-15-13-24(14-16-26)32-20-29(39(45)46)27-11-7-8-12-31(27)42-32/h4-20H,22H2,1-3H3,(H,41,44)(H,45,46). The number of anilines is 1. The molecule has 2 N–H and O–H groups in total. The lowest BCUT2D eigenvalue weighted by Gasteiger charge is -2.16. The molecule has 0 aliphatic rings. The molecular weight excluding hydrogens is 653 g/mol. The summed E-state index contributed by atoms with van der Waals surface area (Å²) in [5.74, 6) is -0.0726. The van der Waals surface area contributed by atoms with E-state index in [1.807, 2.05) is 42.5 Å². The first-order chi connectivity index (χ1) is 24.3. The van der Waals surface area contributed by atoms with Crippen LogP contribution in [0.1, 0.15) is 15.9 Å². The molecule has 0 unspecified atom stereocenters. The normalized spacial score (nSPS) is 10.7. The van der Waals surface area contributed by atoms with Gasteiger partial charge in [-0.1, -0.05) is 72.4 Å². The van der Waals surface area contributed by atoms with E-state index in [1.54, 1.807) is 60.7 Å². The zero-order valence-corrected chi connectivity index (χ0v) is 28.1. The van der Waals surface area contributed by atoms with Crippen molar-refractivity contribution in [2.75, 3.05) is 32.4 Å². The molecule has 0 fully saturated rings. The Morgan fingerprint density at radius 1 is 0.780 bits per heavy atom. The summed E-state index contributed by atoms with van der Waals surface area (Å²) in [7, 11) is 4.57. The predicted octanol–water partition coefficient (Wildman–Crippen LogP) is 7.96. The molecule has 0 saturated carbocycles. The van der Waals surface area contributed by atoms with Gasteiger partial charge in [-0.05, 0) is 48.0 Å². The van der Waals surface area contributed by atoms with Gasteiger partial charge in [-0.3, -0.25) is 4.79 Å². The van der Waals surface area contributed by atoms with Crippen LogP contribution in [0.4, 0.5) is 5.69 Å². The van der Waals surface area contributed by atoms with Crippen LogP contribution >= 0.6 is 11.8 Å². The average molecular weight is 683 g/mol. The van der Waals surface area contributed by atoms with Gasteiger partial charge in [0.2, 0.25) is 11.7 Å². The number of nitrogens with zero attached hydrogens (tertiary/aromatic N) is 3. The van der Waals surface area contributed by atoms with Crippen molar-refractivity contribution >= 4 is 40.2 Å². The molecule has 2 heterocycles. The second-order valence-electron chi connectivity index (χ2n) is 10.9. The predicted molar refractivity (Wildman–Crippen MR) is 193 cm³/mol. The van der Waals surface area contributed by atoms with Gasteiger partial charge in [0.25, 0.3) is 0 Å². The van der Waals surface area contributed by atoms with E-state index in [0.29, 0.717) is 72.5 Å². The minimum absolute atomic E-state index is 0.0232. The largest absolute Gasteiger partial charge is 0.493 e. The Bertz CT molecular complexity index is 2250. The van der Waals surface area contributed by atoms with Crippen LogP contribution in [0.5, 0.6) is 17.2 Å². The fourth-order valence-electron chi connectivity index (χ4n) is 5.51. The van der Waals surface area contributed by atoms with Gasteiger partial charge in [-0.2, -0.15) is 5.26 Å². The van der Waals surface area contributed by atoms with Crippen LogP contribution in [-0.2, 0) is 4.79 Å². The minimum Gasteiger partial charge on any atom is -0.493 e. The van der Waals surface area contributed by atoms with Crippen LogP contribution < -0.4 is 19.5 Å². The van der Waals surface area contributed by atoms with Crippen LogP contribution in [0.15, 0.2) is 108 Å². The summed E-state index contributed by atoms with van der Waals surface area (Å²) in [6.45, 7) is 0. The number of pyridine rings is 2. The number of ether oxygens (including phenoxy) is 3. The lowest BCUT2D eigenvalue weighted by Crippen LogP contribution is -2.14. The molecule has 11 heteroatoms. The van der Waals surface area contributed by atoms with Crippen LogP contribution in [0.25, 0.3) is 44.5 Å². The van der Waals surface area contributed by atoms with Crippen molar-refractivity contribution in [2.45, 2.75) is 5.03 Å². The van der Waals surface area contributed by atoms with Crippen molar-refractivity contribution in [3.05, 3.63) is 114 Å². The van der Waals surface area contributed by atoms with Crippen molar-refractivity contribution < 1.29 is 28.9 Å². The number of aromatic nitrogens is 2. The number of para-hydroxylation sites is 1. The molecule has 0 bridgehead atoms. The van der Waals surface area contributed by atoms with E-state index in [0.717, 1.165) is 17.3 Å². The third kappa shape index (κ3) is 6.92. The number of nitriles is 1. The number of nitrogens with one attached hydrogen (secondary N) is 1. The number of hydrogen-bond donors (Lipinski definition) is 2. The SMILES string of the molecule is COc1cc(-c2cc(-c3ccccc3)nc(SCC(=O)Nc3ccc(-c4cc(C(=O)O)c5ccccc5n4)cc3)c2C#N)cc(OC)c1OC. The molecule has 1 amide bonds. The molecule has 6 aromatic rings. The molecule has 4 aromatic carbocycles. The summed E-state index contributed by atoms with van der Waals surface area (Å²) in [4.78, 5) is 34.6. The van der Waals surface area contributed by atoms with Crippen molar-refractivity contribution in [2.24, 2.45) is 0 Å². The number of carboxylic acid groups (broad SMARTS) is 1. The Hall–Kier alpha value is -6.38. The third-order valence-electron chi connectivity index (χ3n) is 7.89. The number of carbonyl (C=O) groups excluding carboxylic acids is 1. The van der Waals surface area contributed by atoms with Crippen molar-refractivity contribution in [1.82, 2.24) is 9.97 Å². The van der Waals surface area contributed by atoms with Gasteiger partial charge in [0.1, 0.15) is 11.1 Å². The summed E-state index contributed by atoms with van der Waals surface area (Å²) in [6, 6.07) is 32.9. The topological polar surface area (TPSA) is 144 Å². The summed E-state index contributed by atoms with van der Waals surface area (Å²) in [6.07, 6.45) is 0. The second-order valence-corrected chi connectivity index (χ2v) is 11.9. The van der Waals surface area contributed by atoms with Gasteiger partial charge >= 0.3 is 5.97 Å². The number of amides is 1. The Kier molecular flexibility index (Phi) is 9.92. The molecule has 0 spiro atoms. The molecule has 0 radical (unpaired) electrons. The van der Waals surface area contributed by atoms with Crippen LogP contribution in [0.3, 0.4) is 0 Å². The molecule has 0 aliphatic carbocycles. The Balaban J connectivity index is 1.27.